The van der Waals surface area contributed by atoms with Gasteiger partial charge >= 0.3 is 0 Å². The Kier molecular flexibility index (Phi) is 6.75. The quantitative estimate of drug-likeness (QED) is 0.581. The molecule has 0 radical (unpaired) electrons. The van der Waals surface area contributed by atoms with E-state index < -0.39 is 0 Å². The molecule has 0 aliphatic carbocycles. The van der Waals surface area contributed by atoms with Crippen LogP contribution in [0.2, 0.25) is 0 Å². The van der Waals surface area contributed by atoms with Crippen LogP contribution in [0.5, 0.6) is 5.75 Å². The molecule has 3 heterocycles. The Morgan fingerprint density at radius 1 is 1.19 bits per heavy atom. The topological polar surface area (TPSA) is 58.0 Å². The minimum atomic E-state index is -0.225. The van der Waals surface area contributed by atoms with Gasteiger partial charge in [-0.1, -0.05) is 12.1 Å². The van der Waals surface area contributed by atoms with Gasteiger partial charge in [-0.25, -0.2) is 0 Å². The van der Waals surface area contributed by atoms with Crippen LogP contribution in [0, 0.1) is 6.92 Å². The number of nitrogens with zero attached hydrogens (tertiary/aromatic N) is 2. The number of furan rings is 1. The first kappa shape index (κ1) is 21.6. The van der Waals surface area contributed by atoms with Gasteiger partial charge in [0.05, 0.1) is 18.9 Å². The summed E-state index contributed by atoms with van der Waals surface area (Å²) < 4.78 is 10.9. The number of amides is 1. The predicted molar refractivity (Wildman–Crippen MR) is 124 cm³/mol. The maximum absolute atomic E-state index is 12.7. The number of piperazine rings is 1. The molecule has 1 saturated heterocycles. The van der Waals surface area contributed by atoms with Gasteiger partial charge in [0, 0.05) is 36.6 Å². The van der Waals surface area contributed by atoms with Gasteiger partial charge in [-0.2, -0.15) is 0 Å². The second kappa shape index (κ2) is 9.68. The van der Waals surface area contributed by atoms with E-state index in [1.807, 2.05) is 19.1 Å². The number of rotatable bonds is 7. The summed E-state index contributed by atoms with van der Waals surface area (Å²) in [7, 11) is 2.16. The van der Waals surface area contributed by atoms with Crippen molar-refractivity contribution in [2.45, 2.75) is 19.9 Å². The smallest absolute Gasteiger partial charge is 0.291 e. The fourth-order valence-electron chi connectivity index (χ4n) is 3.99. The van der Waals surface area contributed by atoms with E-state index >= 15 is 0 Å². The van der Waals surface area contributed by atoms with Gasteiger partial charge in [0.2, 0.25) is 0 Å². The molecule has 1 N–H and O–H groups in total. The molecule has 0 saturated carbocycles. The Labute approximate surface area is 187 Å². The Bertz CT molecular complexity index is 990. The first-order chi connectivity index (χ1) is 15.0. The lowest BCUT2D eigenvalue weighted by atomic mass is 9.97. The molecule has 1 aliphatic heterocycles. The summed E-state index contributed by atoms with van der Waals surface area (Å²) in [6.45, 7) is 8.69. The highest BCUT2D eigenvalue weighted by molar-refractivity contribution is 7.16. The minimum absolute atomic E-state index is 0.0567. The van der Waals surface area contributed by atoms with Gasteiger partial charge in [-0.05, 0) is 56.8 Å². The summed E-state index contributed by atoms with van der Waals surface area (Å²) in [5, 5.41) is 3.96. The fraction of sp³-hybridized carbons (Fsp3) is 0.375. The zero-order chi connectivity index (χ0) is 21.8. The van der Waals surface area contributed by atoms with Crippen LogP contribution in [0.25, 0.3) is 0 Å². The highest BCUT2D eigenvalue weighted by atomic mass is 32.1. The summed E-state index contributed by atoms with van der Waals surface area (Å²) in [4.78, 5) is 18.7. The van der Waals surface area contributed by atoms with Crippen LogP contribution in [0.3, 0.4) is 0 Å². The van der Waals surface area contributed by atoms with Crippen molar-refractivity contribution in [3.8, 4) is 5.75 Å². The molecule has 0 unspecified atom stereocenters. The van der Waals surface area contributed by atoms with E-state index in [-0.39, 0.29) is 11.9 Å². The summed E-state index contributed by atoms with van der Waals surface area (Å²) in [6.07, 6.45) is 1.52. The van der Waals surface area contributed by atoms with Crippen molar-refractivity contribution in [3.63, 3.8) is 0 Å². The molecule has 4 rings (SSSR count). The second-order valence-electron chi connectivity index (χ2n) is 7.82. The number of likely N-dealkylation sites (N-methyl/N-ethyl adjacent to an activating group) is 1. The van der Waals surface area contributed by atoms with Crippen molar-refractivity contribution in [2.75, 3.05) is 45.2 Å². The lowest BCUT2D eigenvalue weighted by Crippen LogP contribution is -2.46. The van der Waals surface area contributed by atoms with Gasteiger partial charge in [0.15, 0.2) is 5.76 Å². The number of carbonyl (C=O) groups is 1. The molecule has 31 heavy (non-hydrogen) atoms. The normalized spacial score (nSPS) is 16.2. The number of nitrogens with one attached hydrogen (secondary N) is 1. The summed E-state index contributed by atoms with van der Waals surface area (Å²) in [5.41, 5.74) is 2.32. The van der Waals surface area contributed by atoms with E-state index in [1.54, 1.807) is 23.5 Å². The number of ether oxygens (including phenoxy) is 1. The van der Waals surface area contributed by atoms with Crippen LogP contribution in [0.1, 0.15) is 39.5 Å². The summed E-state index contributed by atoms with van der Waals surface area (Å²) >= 11 is 1.60. The number of thiophene rings is 1. The molecule has 1 atom stereocenters. The van der Waals surface area contributed by atoms with E-state index in [1.165, 1.54) is 11.8 Å². The SMILES string of the molecule is CCOc1ccc([C@H](c2cc(C)sc2NC(=O)c2ccco2)N2CCN(C)CC2)cc1. The molecule has 6 nitrogen and oxygen atoms in total. The average Bonchev–Trinajstić information content (AvgIpc) is 3.42. The number of hydrogen-bond acceptors (Lipinski definition) is 6. The average molecular weight is 440 g/mol. The Balaban J connectivity index is 1.69. The highest BCUT2D eigenvalue weighted by Gasteiger charge is 2.29. The number of aryl methyl sites for hydroxylation is 1. The van der Waals surface area contributed by atoms with Crippen LogP contribution in [0.15, 0.2) is 53.1 Å². The maximum Gasteiger partial charge on any atom is 0.291 e. The molecule has 2 aromatic heterocycles. The number of hydrogen-bond donors (Lipinski definition) is 1. The van der Waals surface area contributed by atoms with Crippen LogP contribution in [-0.4, -0.2) is 55.5 Å². The van der Waals surface area contributed by atoms with Crippen LogP contribution in [0.4, 0.5) is 5.00 Å². The van der Waals surface area contributed by atoms with Crippen molar-refractivity contribution in [1.29, 1.82) is 0 Å². The van der Waals surface area contributed by atoms with Crippen molar-refractivity contribution in [3.05, 3.63) is 70.5 Å². The number of carbonyl (C=O) groups excluding carboxylic acids is 1. The molecular formula is C24H29N3O3S. The van der Waals surface area contributed by atoms with E-state index in [0.717, 1.165) is 47.4 Å². The Morgan fingerprint density at radius 3 is 2.58 bits per heavy atom. The van der Waals surface area contributed by atoms with Crippen LogP contribution >= 0.6 is 11.3 Å². The molecule has 7 heteroatoms. The largest absolute Gasteiger partial charge is 0.494 e. The molecule has 3 aromatic rings. The van der Waals surface area contributed by atoms with Gasteiger partial charge in [0.1, 0.15) is 10.8 Å². The van der Waals surface area contributed by atoms with Crippen LogP contribution < -0.4 is 10.1 Å². The zero-order valence-electron chi connectivity index (χ0n) is 18.3. The predicted octanol–water partition coefficient (Wildman–Crippen LogP) is 4.64. The minimum Gasteiger partial charge on any atom is -0.494 e. The summed E-state index contributed by atoms with van der Waals surface area (Å²) in [5.74, 6) is 0.961. The van der Waals surface area contributed by atoms with Crippen molar-refractivity contribution in [2.24, 2.45) is 0 Å². The monoisotopic (exact) mass is 439 g/mol. The van der Waals surface area contributed by atoms with E-state index in [2.05, 4.69) is 47.3 Å². The van der Waals surface area contributed by atoms with Gasteiger partial charge in [-0.15, -0.1) is 11.3 Å². The lowest BCUT2D eigenvalue weighted by Gasteiger charge is -2.38. The first-order valence-corrected chi connectivity index (χ1v) is 11.5. The molecule has 164 valence electrons. The van der Waals surface area contributed by atoms with Gasteiger partial charge < -0.3 is 19.4 Å². The third-order valence-corrected chi connectivity index (χ3v) is 6.54. The number of anilines is 1. The molecule has 0 bridgehead atoms. The van der Waals surface area contributed by atoms with Crippen molar-refractivity contribution in [1.82, 2.24) is 9.80 Å². The van der Waals surface area contributed by atoms with Gasteiger partial charge in [0.25, 0.3) is 5.91 Å². The van der Waals surface area contributed by atoms with Crippen molar-refractivity contribution < 1.29 is 13.9 Å². The standard InChI is InChI=1S/C24H29N3O3S/c1-4-29-19-9-7-18(8-10-19)22(27-13-11-26(3)12-14-27)20-16-17(2)31-24(20)25-23(28)21-6-5-15-30-21/h5-10,15-16,22H,4,11-14H2,1-3H3,(H,25,28)/t22-/m1/s1. The Morgan fingerprint density at radius 2 is 1.94 bits per heavy atom. The molecule has 1 fully saturated rings. The lowest BCUT2D eigenvalue weighted by molar-refractivity contribution is 0.0996. The molecule has 1 aromatic carbocycles. The fourth-order valence-corrected chi connectivity index (χ4v) is 4.93. The van der Waals surface area contributed by atoms with E-state index in [0.29, 0.717) is 12.4 Å². The van der Waals surface area contributed by atoms with Gasteiger partial charge in [-0.3, -0.25) is 9.69 Å². The second-order valence-corrected chi connectivity index (χ2v) is 9.07. The maximum atomic E-state index is 12.7. The van der Waals surface area contributed by atoms with E-state index in [9.17, 15) is 4.79 Å². The van der Waals surface area contributed by atoms with E-state index in [4.69, 9.17) is 9.15 Å². The molecule has 0 spiro atoms. The molecule has 1 amide bonds. The van der Waals surface area contributed by atoms with Crippen LogP contribution in [-0.2, 0) is 0 Å². The molecule has 1 aliphatic rings. The zero-order valence-corrected chi connectivity index (χ0v) is 19.1. The van der Waals surface area contributed by atoms with Crippen molar-refractivity contribution >= 4 is 22.2 Å². The Hall–Kier alpha value is -2.61. The molecular weight excluding hydrogens is 410 g/mol. The number of benzene rings is 1. The third kappa shape index (κ3) is 5.01. The highest BCUT2D eigenvalue weighted by Crippen LogP contribution is 2.40. The summed E-state index contributed by atoms with van der Waals surface area (Å²) in [6, 6.07) is 14.0. The first-order valence-electron chi connectivity index (χ1n) is 10.7. The third-order valence-electron chi connectivity index (χ3n) is 5.56.